The first-order valence-corrected chi connectivity index (χ1v) is 11.6. The summed E-state index contributed by atoms with van der Waals surface area (Å²) in [4.78, 5) is 23.9. The van der Waals surface area contributed by atoms with Crippen molar-refractivity contribution in [2.24, 2.45) is 0 Å². The van der Waals surface area contributed by atoms with Gasteiger partial charge in [0.1, 0.15) is 5.82 Å². The lowest BCUT2D eigenvalue weighted by Crippen LogP contribution is -2.44. The summed E-state index contributed by atoms with van der Waals surface area (Å²) in [6.45, 7) is 9.54. The number of nitrogens with zero attached hydrogens (tertiary/aromatic N) is 4. The highest BCUT2D eigenvalue weighted by Gasteiger charge is 2.18. The molecule has 2 aliphatic heterocycles. The predicted octanol–water partition coefficient (Wildman–Crippen LogP) is 3.26. The molecule has 0 atom stereocenters. The molecule has 4 rings (SSSR count). The average Bonchev–Trinajstić information content (AvgIpc) is 2.80. The molecule has 1 aromatic heterocycles. The topological polar surface area (TPSA) is 63.7 Å². The first-order chi connectivity index (χ1) is 15.6. The van der Waals surface area contributed by atoms with Crippen LogP contribution in [0.25, 0.3) is 5.57 Å². The Morgan fingerprint density at radius 1 is 1.06 bits per heavy atom. The molecule has 170 valence electrons. The van der Waals surface area contributed by atoms with E-state index >= 15 is 0 Å². The fourth-order valence-corrected chi connectivity index (χ4v) is 4.24. The summed E-state index contributed by atoms with van der Waals surface area (Å²) in [5.41, 5.74) is 4.47. The minimum absolute atomic E-state index is 0.165. The highest BCUT2D eigenvalue weighted by molar-refractivity contribution is 5.89. The molecule has 1 aromatic carbocycles. The number of hydrogen-bond acceptors (Lipinski definition) is 5. The summed E-state index contributed by atoms with van der Waals surface area (Å²) in [6, 6.07) is 14.3. The zero-order chi connectivity index (χ0) is 22.3. The molecule has 7 nitrogen and oxygen atoms in total. The van der Waals surface area contributed by atoms with Gasteiger partial charge < -0.3 is 20.4 Å². The van der Waals surface area contributed by atoms with E-state index in [0.29, 0.717) is 6.54 Å². The number of amides is 2. The second-order valence-electron chi connectivity index (χ2n) is 8.57. The Morgan fingerprint density at radius 2 is 1.88 bits per heavy atom. The third-order valence-electron chi connectivity index (χ3n) is 6.11. The van der Waals surface area contributed by atoms with E-state index in [9.17, 15) is 4.79 Å². The van der Waals surface area contributed by atoms with Crippen LogP contribution in [-0.4, -0.2) is 73.7 Å². The molecular weight excluding hydrogens is 400 g/mol. The molecule has 0 saturated carbocycles. The Morgan fingerprint density at radius 3 is 2.62 bits per heavy atom. The number of anilines is 2. The maximum Gasteiger partial charge on any atom is 0.319 e. The van der Waals surface area contributed by atoms with Crippen molar-refractivity contribution in [1.29, 1.82) is 0 Å². The van der Waals surface area contributed by atoms with Gasteiger partial charge in [0.05, 0.1) is 5.69 Å². The predicted molar refractivity (Wildman–Crippen MR) is 131 cm³/mol. The van der Waals surface area contributed by atoms with Crippen molar-refractivity contribution in [1.82, 2.24) is 20.1 Å². The average molecular weight is 435 g/mol. The van der Waals surface area contributed by atoms with Crippen molar-refractivity contribution in [2.45, 2.75) is 19.9 Å². The van der Waals surface area contributed by atoms with Gasteiger partial charge in [0.25, 0.3) is 0 Å². The maximum atomic E-state index is 11.8. The Bertz CT molecular complexity index is 951. The van der Waals surface area contributed by atoms with Crippen molar-refractivity contribution in [3.63, 3.8) is 0 Å². The van der Waals surface area contributed by atoms with Gasteiger partial charge in [-0.1, -0.05) is 24.3 Å². The Hall–Kier alpha value is -2.90. The monoisotopic (exact) mass is 434 g/mol. The number of pyridine rings is 1. The summed E-state index contributed by atoms with van der Waals surface area (Å²) in [7, 11) is 2.18. The molecule has 0 aliphatic carbocycles. The van der Waals surface area contributed by atoms with Gasteiger partial charge in [0.2, 0.25) is 0 Å². The van der Waals surface area contributed by atoms with Crippen LogP contribution in [0.15, 0.2) is 48.5 Å². The number of nitrogens with one attached hydrogen (secondary N) is 2. The summed E-state index contributed by atoms with van der Waals surface area (Å²) >= 11 is 0. The van der Waals surface area contributed by atoms with Crippen molar-refractivity contribution >= 4 is 23.1 Å². The molecule has 0 spiro atoms. The third kappa shape index (κ3) is 5.87. The van der Waals surface area contributed by atoms with Gasteiger partial charge in [-0.2, -0.15) is 0 Å². The zero-order valence-electron chi connectivity index (χ0n) is 19.2. The number of carbonyl (C=O) groups excluding carboxylic acids is 1. The second-order valence-corrected chi connectivity index (χ2v) is 8.57. The van der Waals surface area contributed by atoms with Gasteiger partial charge in [-0.25, -0.2) is 9.78 Å². The van der Waals surface area contributed by atoms with E-state index < -0.39 is 0 Å². The maximum absolute atomic E-state index is 11.8. The normalized spacial score (nSPS) is 17.7. The van der Waals surface area contributed by atoms with Crippen LogP contribution in [0.3, 0.4) is 0 Å². The molecular formula is C25H34N6O. The molecule has 2 aromatic rings. The minimum atomic E-state index is -0.165. The fraction of sp³-hybridized carbons (Fsp3) is 0.440. The number of carbonyl (C=O) groups is 1. The molecule has 0 bridgehead atoms. The van der Waals surface area contributed by atoms with E-state index in [0.717, 1.165) is 69.4 Å². The molecule has 2 aliphatic rings. The Labute approximate surface area is 191 Å². The van der Waals surface area contributed by atoms with Crippen molar-refractivity contribution in [3.8, 4) is 0 Å². The van der Waals surface area contributed by atoms with Crippen LogP contribution in [0.2, 0.25) is 0 Å². The molecule has 1 fully saturated rings. The van der Waals surface area contributed by atoms with E-state index in [4.69, 9.17) is 4.98 Å². The number of piperazine rings is 1. The molecule has 2 N–H and O–H groups in total. The first kappa shape index (κ1) is 22.3. The van der Waals surface area contributed by atoms with E-state index in [1.807, 2.05) is 19.1 Å². The van der Waals surface area contributed by atoms with Crippen LogP contribution < -0.4 is 15.5 Å². The van der Waals surface area contributed by atoms with Gasteiger partial charge >= 0.3 is 6.03 Å². The van der Waals surface area contributed by atoms with Crippen molar-refractivity contribution < 1.29 is 4.79 Å². The molecule has 7 heteroatoms. The van der Waals surface area contributed by atoms with Crippen LogP contribution in [0.5, 0.6) is 0 Å². The van der Waals surface area contributed by atoms with Gasteiger partial charge in [-0.3, -0.25) is 4.90 Å². The van der Waals surface area contributed by atoms with Crippen LogP contribution in [0, 0.1) is 0 Å². The zero-order valence-corrected chi connectivity index (χ0v) is 19.2. The first-order valence-electron chi connectivity index (χ1n) is 11.6. The lowest BCUT2D eigenvalue weighted by molar-refractivity contribution is 0.252. The fourth-order valence-electron chi connectivity index (χ4n) is 4.24. The largest absolute Gasteiger partial charge is 0.354 e. The number of rotatable bonds is 6. The Balaban J connectivity index is 1.35. The summed E-state index contributed by atoms with van der Waals surface area (Å²) in [5, 5.41) is 5.65. The molecule has 0 unspecified atom stereocenters. The molecule has 32 heavy (non-hydrogen) atoms. The second kappa shape index (κ2) is 10.6. The SMILES string of the molecule is CCNC(=O)Nc1cccc(CN2CC=C(c3cccc(N4CCN(C)CC4)n3)CC2)c1. The van der Waals surface area contributed by atoms with Crippen LogP contribution in [0.4, 0.5) is 16.3 Å². The number of aromatic nitrogens is 1. The van der Waals surface area contributed by atoms with Gasteiger partial charge in [-0.15, -0.1) is 0 Å². The molecule has 0 radical (unpaired) electrons. The lowest BCUT2D eigenvalue weighted by Gasteiger charge is -2.33. The van der Waals surface area contributed by atoms with Gasteiger partial charge in [-0.05, 0) is 55.8 Å². The van der Waals surface area contributed by atoms with Crippen LogP contribution >= 0.6 is 0 Å². The van der Waals surface area contributed by atoms with Crippen LogP contribution in [0.1, 0.15) is 24.6 Å². The summed E-state index contributed by atoms with van der Waals surface area (Å²) < 4.78 is 0. The highest BCUT2D eigenvalue weighted by Crippen LogP contribution is 2.24. The quantitative estimate of drug-likeness (QED) is 0.731. The van der Waals surface area contributed by atoms with Gasteiger partial charge in [0, 0.05) is 58.0 Å². The summed E-state index contributed by atoms with van der Waals surface area (Å²) in [6.07, 6.45) is 3.31. The number of benzene rings is 1. The smallest absolute Gasteiger partial charge is 0.319 e. The third-order valence-corrected chi connectivity index (χ3v) is 6.11. The van der Waals surface area contributed by atoms with Crippen molar-refractivity contribution in [2.75, 3.05) is 63.1 Å². The van der Waals surface area contributed by atoms with Crippen molar-refractivity contribution in [3.05, 3.63) is 59.8 Å². The van der Waals surface area contributed by atoms with E-state index in [1.54, 1.807) is 0 Å². The molecule has 1 saturated heterocycles. The van der Waals surface area contributed by atoms with E-state index in [2.05, 4.69) is 68.8 Å². The number of likely N-dealkylation sites (N-methyl/N-ethyl adjacent to an activating group) is 1. The van der Waals surface area contributed by atoms with E-state index in [1.165, 1.54) is 11.1 Å². The van der Waals surface area contributed by atoms with E-state index in [-0.39, 0.29) is 6.03 Å². The standard InChI is InChI=1S/C25H34N6O/c1-3-26-25(32)27-22-7-4-6-20(18-22)19-30-12-10-21(11-13-30)23-8-5-9-24(28-23)31-16-14-29(2)15-17-31/h4-10,18H,3,11-17,19H2,1-2H3,(H2,26,27,32). The molecule has 2 amide bonds. The van der Waals surface area contributed by atoms with Crippen LogP contribution in [-0.2, 0) is 6.54 Å². The van der Waals surface area contributed by atoms with Gasteiger partial charge in [0.15, 0.2) is 0 Å². The minimum Gasteiger partial charge on any atom is -0.354 e. The highest BCUT2D eigenvalue weighted by atomic mass is 16.2. The lowest BCUT2D eigenvalue weighted by atomic mass is 10.0. The number of hydrogen-bond donors (Lipinski definition) is 2. The Kier molecular flexibility index (Phi) is 7.39. The molecule has 3 heterocycles. The summed E-state index contributed by atoms with van der Waals surface area (Å²) in [5.74, 6) is 1.09. The number of urea groups is 1.